The van der Waals surface area contributed by atoms with Crippen molar-refractivity contribution < 1.29 is 14.7 Å². The molecule has 0 fully saturated rings. The maximum absolute atomic E-state index is 8.45. The summed E-state index contributed by atoms with van der Waals surface area (Å²) < 4.78 is 10.6. The molecule has 0 atom stereocenters. The lowest BCUT2D eigenvalue weighted by Gasteiger charge is -2.07. The van der Waals surface area contributed by atoms with E-state index in [9.17, 15) is 0 Å². The van der Waals surface area contributed by atoms with Crippen LogP contribution >= 0.6 is 0 Å². The Labute approximate surface area is 121 Å². The zero-order chi connectivity index (χ0) is 15.1. The van der Waals surface area contributed by atoms with Gasteiger partial charge in [-0.2, -0.15) is 9.97 Å². The lowest BCUT2D eigenvalue weighted by atomic mass is 10.2. The van der Waals surface area contributed by atoms with Gasteiger partial charge in [0.25, 0.3) is 0 Å². The van der Waals surface area contributed by atoms with Gasteiger partial charge >= 0.3 is 12.0 Å². The fourth-order valence-electron chi connectivity index (χ4n) is 1.51. The Bertz CT molecular complexity index is 616. The quantitative estimate of drug-likeness (QED) is 0.475. The maximum Gasteiger partial charge on any atom is 0.330 e. The number of hydrogen-bond acceptors (Lipinski definition) is 8. The zero-order valence-electron chi connectivity index (χ0n) is 11.6. The highest BCUT2D eigenvalue weighted by atomic mass is 16.5. The summed E-state index contributed by atoms with van der Waals surface area (Å²) in [6, 6.07) is 7.18. The van der Waals surface area contributed by atoms with Gasteiger partial charge in [0.05, 0.1) is 13.3 Å². The van der Waals surface area contributed by atoms with Gasteiger partial charge in [-0.15, -0.1) is 4.98 Å². The fraction of sp³-hybridized carbons (Fsp3) is 0.231. The highest BCUT2D eigenvalue weighted by molar-refractivity contribution is 5.79. The first-order chi connectivity index (χ1) is 10.2. The summed E-state index contributed by atoms with van der Waals surface area (Å²) in [4.78, 5) is 12.2. The van der Waals surface area contributed by atoms with E-state index < -0.39 is 0 Å². The second-order valence-corrected chi connectivity index (χ2v) is 3.87. The summed E-state index contributed by atoms with van der Waals surface area (Å²) in [5, 5.41) is 14.4. The fourth-order valence-corrected chi connectivity index (χ4v) is 1.51. The molecule has 0 bridgehead atoms. The van der Waals surface area contributed by atoms with Crippen LogP contribution in [0, 0.1) is 0 Å². The molecule has 1 aromatic heterocycles. The Morgan fingerprint density at radius 2 is 1.90 bits per heavy atom. The smallest absolute Gasteiger partial charge is 0.330 e. The Morgan fingerprint density at radius 3 is 2.52 bits per heavy atom. The van der Waals surface area contributed by atoms with E-state index in [0.29, 0.717) is 18.2 Å². The summed E-state index contributed by atoms with van der Waals surface area (Å²) in [5.41, 5.74) is 0.742. The average molecular weight is 289 g/mol. The van der Waals surface area contributed by atoms with Gasteiger partial charge < -0.3 is 20.0 Å². The number of aromatic nitrogens is 3. The number of rotatable bonds is 6. The number of ether oxygens (including phenoxy) is 2. The molecular formula is C13H15N5O3. The summed E-state index contributed by atoms with van der Waals surface area (Å²) in [6.45, 7) is 2.60. The molecule has 0 radical (unpaired) electrons. The number of hydrogen-bond donors (Lipinski definition) is 2. The van der Waals surface area contributed by atoms with E-state index in [0.717, 1.165) is 5.56 Å². The summed E-state index contributed by atoms with van der Waals surface area (Å²) in [5.74, 6) is 0.921. The molecule has 2 aromatic rings. The number of benzene rings is 1. The standard InChI is InChI=1S/C13H15N5O3/c1-3-14-11-16-12(20-2)18-13(17-11)21-10-6-4-9(5-7-10)8-15-19/h4-8,19H,3H2,1-2H3,(H,14,16,17,18). The van der Waals surface area contributed by atoms with E-state index in [1.54, 1.807) is 24.3 Å². The van der Waals surface area contributed by atoms with Gasteiger partial charge in [-0.05, 0) is 36.8 Å². The van der Waals surface area contributed by atoms with E-state index in [1.807, 2.05) is 6.92 Å². The SMILES string of the molecule is CCNc1nc(OC)nc(Oc2ccc(C=NO)cc2)n1. The molecule has 0 aliphatic carbocycles. The molecular weight excluding hydrogens is 274 g/mol. The van der Waals surface area contributed by atoms with Crippen molar-refractivity contribution in [3.05, 3.63) is 29.8 Å². The van der Waals surface area contributed by atoms with Gasteiger partial charge in [-0.3, -0.25) is 0 Å². The lowest BCUT2D eigenvalue weighted by molar-refractivity contribution is 0.322. The molecule has 8 nitrogen and oxygen atoms in total. The van der Waals surface area contributed by atoms with Crippen LogP contribution in [0.4, 0.5) is 5.95 Å². The average Bonchev–Trinajstić information content (AvgIpc) is 2.49. The maximum atomic E-state index is 8.45. The monoisotopic (exact) mass is 289 g/mol. The number of oxime groups is 1. The Hall–Kier alpha value is -2.90. The zero-order valence-corrected chi connectivity index (χ0v) is 11.6. The topological polar surface area (TPSA) is 102 Å². The molecule has 21 heavy (non-hydrogen) atoms. The van der Waals surface area contributed by atoms with Crippen molar-refractivity contribution in [1.82, 2.24) is 15.0 Å². The van der Waals surface area contributed by atoms with Crippen LogP contribution < -0.4 is 14.8 Å². The second kappa shape index (κ2) is 7.04. The third-order valence-electron chi connectivity index (χ3n) is 2.41. The molecule has 0 saturated heterocycles. The van der Waals surface area contributed by atoms with E-state index in [-0.39, 0.29) is 12.0 Å². The number of nitrogens with zero attached hydrogens (tertiary/aromatic N) is 4. The van der Waals surface area contributed by atoms with Crippen molar-refractivity contribution in [1.29, 1.82) is 0 Å². The highest BCUT2D eigenvalue weighted by Gasteiger charge is 2.08. The molecule has 0 saturated carbocycles. The van der Waals surface area contributed by atoms with Gasteiger partial charge in [0.15, 0.2) is 0 Å². The molecule has 0 spiro atoms. The van der Waals surface area contributed by atoms with Crippen LogP contribution in [-0.2, 0) is 0 Å². The number of methoxy groups -OCH3 is 1. The van der Waals surface area contributed by atoms with Gasteiger partial charge in [0, 0.05) is 6.54 Å². The van der Waals surface area contributed by atoms with E-state index in [2.05, 4.69) is 25.4 Å². The third kappa shape index (κ3) is 4.03. The number of nitrogens with one attached hydrogen (secondary N) is 1. The molecule has 0 aliphatic heterocycles. The lowest BCUT2D eigenvalue weighted by Crippen LogP contribution is -2.06. The van der Waals surface area contributed by atoms with E-state index in [4.69, 9.17) is 14.7 Å². The highest BCUT2D eigenvalue weighted by Crippen LogP contribution is 2.20. The molecule has 0 aliphatic rings. The molecule has 1 heterocycles. The predicted molar refractivity (Wildman–Crippen MR) is 76.4 cm³/mol. The minimum atomic E-state index is 0.126. The molecule has 0 amide bonds. The largest absolute Gasteiger partial charge is 0.467 e. The van der Waals surface area contributed by atoms with Gasteiger partial charge in [-0.25, -0.2) is 0 Å². The van der Waals surface area contributed by atoms with Crippen LogP contribution in [0.3, 0.4) is 0 Å². The second-order valence-electron chi connectivity index (χ2n) is 3.87. The van der Waals surface area contributed by atoms with Crippen LogP contribution in [0.5, 0.6) is 17.8 Å². The van der Waals surface area contributed by atoms with Crippen molar-refractivity contribution in [3.8, 4) is 17.8 Å². The normalized spacial score (nSPS) is 10.6. The van der Waals surface area contributed by atoms with Crippen molar-refractivity contribution in [3.63, 3.8) is 0 Å². The molecule has 1 aromatic carbocycles. The first-order valence-electron chi connectivity index (χ1n) is 6.24. The van der Waals surface area contributed by atoms with Crippen molar-refractivity contribution in [2.75, 3.05) is 19.0 Å². The molecule has 8 heteroatoms. The van der Waals surface area contributed by atoms with Crippen molar-refractivity contribution in [2.24, 2.45) is 5.16 Å². The molecule has 2 N–H and O–H groups in total. The Balaban J connectivity index is 2.19. The van der Waals surface area contributed by atoms with Crippen LogP contribution in [0.25, 0.3) is 0 Å². The Kier molecular flexibility index (Phi) is 4.86. The molecule has 0 unspecified atom stereocenters. The van der Waals surface area contributed by atoms with Crippen molar-refractivity contribution in [2.45, 2.75) is 6.92 Å². The van der Waals surface area contributed by atoms with Crippen LogP contribution in [-0.4, -0.2) is 40.0 Å². The van der Waals surface area contributed by atoms with E-state index >= 15 is 0 Å². The summed E-state index contributed by atoms with van der Waals surface area (Å²) in [7, 11) is 1.47. The first kappa shape index (κ1) is 14.5. The van der Waals surface area contributed by atoms with Crippen LogP contribution in [0.2, 0.25) is 0 Å². The van der Waals surface area contributed by atoms with Crippen molar-refractivity contribution >= 4 is 12.2 Å². The minimum Gasteiger partial charge on any atom is -0.467 e. The van der Waals surface area contributed by atoms with Gasteiger partial charge in [0.1, 0.15) is 5.75 Å². The molecule has 110 valence electrons. The van der Waals surface area contributed by atoms with Gasteiger partial charge in [-0.1, -0.05) is 5.16 Å². The van der Waals surface area contributed by atoms with Crippen LogP contribution in [0.1, 0.15) is 12.5 Å². The summed E-state index contributed by atoms with van der Waals surface area (Å²) in [6.07, 6.45) is 1.32. The Morgan fingerprint density at radius 1 is 1.19 bits per heavy atom. The third-order valence-corrected chi connectivity index (χ3v) is 2.41. The summed E-state index contributed by atoms with van der Waals surface area (Å²) >= 11 is 0. The van der Waals surface area contributed by atoms with Crippen LogP contribution in [0.15, 0.2) is 29.4 Å². The minimum absolute atomic E-state index is 0.126. The van der Waals surface area contributed by atoms with Gasteiger partial charge in [0.2, 0.25) is 5.95 Å². The predicted octanol–water partition coefficient (Wildman–Crippen LogP) is 1.91. The number of anilines is 1. The first-order valence-corrected chi connectivity index (χ1v) is 6.24. The van der Waals surface area contributed by atoms with E-state index in [1.165, 1.54) is 13.3 Å². The molecule has 2 rings (SSSR count).